The fraction of sp³-hybridized carbons (Fsp3) is 0.433. The summed E-state index contributed by atoms with van der Waals surface area (Å²) >= 11 is 0. The Bertz CT molecular complexity index is 1430. The largest absolute Gasteiger partial charge is 0.504 e. The molecular weight excluding hydrogens is 482 g/mol. The van der Waals surface area contributed by atoms with E-state index in [1.165, 1.54) is 0 Å². The smallest absolute Gasteiger partial charge is 0.298 e. The maximum atomic E-state index is 13.3. The summed E-state index contributed by atoms with van der Waals surface area (Å²) < 4.78 is 6.51. The molecule has 0 radical (unpaired) electrons. The third-order valence-electron chi connectivity index (χ3n) is 9.38. The van der Waals surface area contributed by atoms with Crippen LogP contribution in [0.1, 0.15) is 41.5 Å². The number of carbonyl (C=O) groups excluding carboxylic acids is 1. The first kappa shape index (κ1) is 24.5. The van der Waals surface area contributed by atoms with Crippen molar-refractivity contribution in [2.24, 2.45) is 0 Å². The molecule has 8 heteroatoms. The molecule has 5 atom stereocenters. The molecule has 8 nitrogen and oxygen atoms in total. The van der Waals surface area contributed by atoms with Crippen molar-refractivity contribution in [1.29, 1.82) is 0 Å². The lowest BCUT2D eigenvalue weighted by atomic mass is 9.46. The van der Waals surface area contributed by atoms with Crippen LogP contribution in [0.25, 0.3) is 0 Å². The molecule has 1 amide bonds. The third kappa shape index (κ3) is 3.11. The fourth-order valence-corrected chi connectivity index (χ4v) is 7.85. The molecule has 196 valence electrons. The number of ether oxygens (including phenoxy) is 1. The molecule has 2 aromatic carbocycles. The van der Waals surface area contributed by atoms with Crippen molar-refractivity contribution in [2.45, 2.75) is 61.7 Å². The Hall–Kier alpha value is -3.83. The molecule has 4 aliphatic rings. The van der Waals surface area contributed by atoms with Crippen LogP contribution >= 0.6 is 0 Å². The van der Waals surface area contributed by atoms with Crippen LogP contribution in [0.5, 0.6) is 11.5 Å². The normalized spacial score (nSPS) is 30.3. The summed E-state index contributed by atoms with van der Waals surface area (Å²) in [6, 6.07) is 10.4. The lowest BCUT2D eigenvalue weighted by Gasteiger charge is -2.61. The number of nitrogens with zero attached hydrogens (tertiary/aromatic N) is 3. The number of likely N-dealkylation sites (tertiary alicyclic amines) is 1. The monoisotopic (exact) mass is 513 g/mol. The maximum Gasteiger partial charge on any atom is 0.298 e. The number of likely N-dealkylation sites (N-methyl/N-ethyl adjacent to an activating group) is 1. The van der Waals surface area contributed by atoms with E-state index in [0.29, 0.717) is 44.5 Å². The van der Waals surface area contributed by atoms with Crippen molar-refractivity contribution in [3.63, 3.8) is 0 Å². The quantitative estimate of drug-likeness (QED) is 0.292. The van der Waals surface area contributed by atoms with E-state index in [9.17, 15) is 20.0 Å². The predicted molar refractivity (Wildman–Crippen MR) is 142 cm³/mol. The Morgan fingerprint density at radius 2 is 2.18 bits per heavy atom. The molecule has 2 heterocycles. The minimum absolute atomic E-state index is 0.0105. The van der Waals surface area contributed by atoms with Gasteiger partial charge < -0.3 is 14.7 Å². The lowest BCUT2D eigenvalue weighted by molar-refractivity contribution is -0.605. The van der Waals surface area contributed by atoms with Crippen molar-refractivity contribution in [1.82, 2.24) is 9.80 Å². The minimum atomic E-state index is -1.29. The number of rotatable bonds is 4. The summed E-state index contributed by atoms with van der Waals surface area (Å²) in [7, 11) is 1.70. The Kier molecular flexibility index (Phi) is 5.55. The molecule has 1 saturated carbocycles. The van der Waals surface area contributed by atoms with Crippen molar-refractivity contribution in [3.05, 3.63) is 81.4 Å². The molecule has 2 fully saturated rings. The number of amides is 1. The zero-order valence-electron chi connectivity index (χ0n) is 21.6. The Morgan fingerprint density at radius 3 is 2.92 bits per heavy atom. The second kappa shape index (κ2) is 8.60. The number of aromatic hydroxyl groups is 1. The second-order valence-corrected chi connectivity index (χ2v) is 11.0. The highest BCUT2D eigenvalue weighted by Crippen LogP contribution is 2.66. The number of nitro groups is 1. The van der Waals surface area contributed by atoms with Crippen molar-refractivity contribution < 1.29 is 19.6 Å². The standard InChI is InChI=1S/C30H31N3O5/c1-4-15-32-16-14-29-26-21-9-10-23(34)27(26)38-28(29)22(12-13-30(29,33(36)37)24(32)18-21)31(3)25(35)11-8-20-7-5-6-19(2)17-20/h4-7,9-10,17,22,24,28,34H,1,12-16,18H2,2-3H3/t22-,24+,28-,29-,30+/m0/s1. The Balaban J connectivity index is 1.44. The molecule has 2 aliphatic carbocycles. The van der Waals surface area contributed by atoms with Gasteiger partial charge in [-0.15, -0.1) is 6.58 Å². The van der Waals surface area contributed by atoms with Crippen molar-refractivity contribution in [2.75, 3.05) is 20.1 Å². The summed E-state index contributed by atoms with van der Waals surface area (Å²) in [6.45, 7) is 7.07. The van der Waals surface area contributed by atoms with Crippen LogP contribution in [0.4, 0.5) is 0 Å². The molecule has 6 rings (SSSR count). The fourth-order valence-electron chi connectivity index (χ4n) is 7.85. The van der Waals surface area contributed by atoms with Crippen LogP contribution < -0.4 is 4.74 Å². The number of carbonyl (C=O) groups is 1. The molecule has 2 aromatic rings. The highest BCUT2D eigenvalue weighted by atomic mass is 16.6. The number of benzene rings is 2. The van der Waals surface area contributed by atoms with Gasteiger partial charge in [-0.05, 0) is 55.5 Å². The van der Waals surface area contributed by atoms with Gasteiger partial charge in [-0.25, -0.2) is 0 Å². The molecule has 2 aliphatic heterocycles. The van der Waals surface area contributed by atoms with Crippen molar-refractivity contribution in [3.8, 4) is 23.3 Å². The predicted octanol–water partition coefficient (Wildman–Crippen LogP) is 3.20. The van der Waals surface area contributed by atoms with Gasteiger partial charge in [0.2, 0.25) is 0 Å². The maximum absolute atomic E-state index is 13.3. The number of piperidine rings is 1. The van der Waals surface area contributed by atoms with Crippen LogP contribution in [0.3, 0.4) is 0 Å². The van der Waals surface area contributed by atoms with E-state index in [0.717, 1.165) is 22.3 Å². The number of phenols is 1. The zero-order chi connectivity index (χ0) is 26.8. The topological polar surface area (TPSA) is 96.2 Å². The highest BCUT2D eigenvalue weighted by Gasteiger charge is 2.80. The number of aryl methyl sites for hydroxylation is 1. The molecule has 0 aromatic heterocycles. The van der Waals surface area contributed by atoms with Gasteiger partial charge in [-0.2, -0.15) is 0 Å². The van der Waals surface area contributed by atoms with Crippen LogP contribution in [0.2, 0.25) is 0 Å². The summed E-state index contributed by atoms with van der Waals surface area (Å²) in [6.07, 6.45) is 2.87. The third-order valence-corrected chi connectivity index (χ3v) is 9.38. The van der Waals surface area contributed by atoms with Crippen LogP contribution in [0.15, 0.2) is 49.1 Å². The molecule has 38 heavy (non-hydrogen) atoms. The van der Waals surface area contributed by atoms with E-state index in [1.54, 1.807) is 24.1 Å². The molecule has 2 bridgehead atoms. The van der Waals surface area contributed by atoms with Gasteiger partial charge in [-0.3, -0.25) is 19.8 Å². The van der Waals surface area contributed by atoms with Crippen LogP contribution in [-0.4, -0.2) is 69.6 Å². The van der Waals surface area contributed by atoms with Crippen LogP contribution in [0, 0.1) is 28.9 Å². The first-order valence-electron chi connectivity index (χ1n) is 13.1. The molecule has 0 unspecified atom stereocenters. The SMILES string of the molecule is C=CCN1CC[C@]23c4c5ccc(O)c4O[C@H]2[C@@H](N(C)C(=O)C#Cc2cccc(C)c2)CC[C@@]3([N+](=O)[O-])[C@H]1C5. The summed E-state index contributed by atoms with van der Waals surface area (Å²) in [5.74, 6) is 5.69. The zero-order valence-corrected chi connectivity index (χ0v) is 21.6. The van der Waals surface area contributed by atoms with Gasteiger partial charge in [0.05, 0.1) is 12.1 Å². The molecule has 1 saturated heterocycles. The number of hydrogen-bond acceptors (Lipinski definition) is 6. The summed E-state index contributed by atoms with van der Waals surface area (Å²) in [5.41, 5.74) is 1.31. The summed E-state index contributed by atoms with van der Waals surface area (Å²) in [4.78, 5) is 30.2. The van der Waals surface area contributed by atoms with E-state index in [2.05, 4.69) is 23.3 Å². The Labute approximate surface area is 222 Å². The Morgan fingerprint density at radius 1 is 1.37 bits per heavy atom. The summed E-state index contributed by atoms with van der Waals surface area (Å²) in [5, 5.41) is 24.0. The number of phenolic OH excluding ortho intramolecular Hbond substituents is 1. The van der Waals surface area contributed by atoms with Gasteiger partial charge in [0.25, 0.3) is 11.4 Å². The van der Waals surface area contributed by atoms with Gasteiger partial charge in [-0.1, -0.05) is 30.2 Å². The van der Waals surface area contributed by atoms with Gasteiger partial charge in [0.1, 0.15) is 11.5 Å². The second-order valence-electron chi connectivity index (χ2n) is 11.0. The van der Waals surface area contributed by atoms with E-state index in [1.807, 2.05) is 37.3 Å². The first-order valence-corrected chi connectivity index (χ1v) is 13.1. The molecule has 1 spiro atoms. The highest BCUT2D eigenvalue weighted by molar-refractivity contribution is 5.94. The van der Waals surface area contributed by atoms with E-state index in [-0.39, 0.29) is 22.6 Å². The van der Waals surface area contributed by atoms with Crippen LogP contribution in [-0.2, 0) is 16.6 Å². The minimum Gasteiger partial charge on any atom is -0.504 e. The molecule has 1 N–H and O–H groups in total. The van der Waals surface area contributed by atoms with E-state index in [4.69, 9.17) is 4.74 Å². The van der Waals surface area contributed by atoms with E-state index < -0.39 is 23.1 Å². The number of hydrogen-bond donors (Lipinski definition) is 1. The van der Waals surface area contributed by atoms with Crippen molar-refractivity contribution >= 4 is 5.91 Å². The average molecular weight is 514 g/mol. The lowest BCUT2D eigenvalue weighted by Crippen LogP contribution is -2.80. The molecular formula is C30H31N3O5. The first-order chi connectivity index (χ1) is 18.2. The van der Waals surface area contributed by atoms with Gasteiger partial charge in [0, 0.05) is 48.5 Å². The average Bonchev–Trinajstić information content (AvgIpc) is 3.25. The van der Waals surface area contributed by atoms with Gasteiger partial charge >= 0.3 is 0 Å². The van der Waals surface area contributed by atoms with Gasteiger partial charge in [0.15, 0.2) is 11.5 Å². The van der Waals surface area contributed by atoms with E-state index >= 15 is 0 Å².